The Labute approximate surface area is 143 Å². The van der Waals surface area contributed by atoms with Gasteiger partial charge in [0.2, 0.25) is 5.91 Å². The lowest BCUT2D eigenvalue weighted by Gasteiger charge is -2.29. The number of rotatable bonds is 7. The number of ether oxygens (including phenoxy) is 1. The third kappa shape index (κ3) is 4.35. The van der Waals surface area contributed by atoms with Crippen molar-refractivity contribution in [2.24, 2.45) is 0 Å². The van der Waals surface area contributed by atoms with Gasteiger partial charge >= 0.3 is 0 Å². The van der Waals surface area contributed by atoms with Crippen LogP contribution in [0.3, 0.4) is 0 Å². The lowest BCUT2D eigenvalue weighted by Crippen LogP contribution is -2.48. The Morgan fingerprint density at radius 1 is 1.12 bits per heavy atom. The predicted octanol–water partition coefficient (Wildman–Crippen LogP) is 2.45. The molecule has 2 aliphatic rings. The van der Waals surface area contributed by atoms with Crippen LogP contribution in [0.1, 0.15) is 55.3 Å². The normalized spacial score (nSPS) is 25.3. The molecule has 5 nitrogen and oxygen atoms in total. The number of piperidine rings is 1. The highest BCUT2D eigenvalue weighted by Gasteiger charge is 2.33. The molecule has 0 aromatic heterocycles. The van der Waals surface area contributed by atoms with Gasteiger partial charge in [0.05, 0.1) is 7.11 Å². The summed E-state index contributed by atoms with van der Waals surface area (Å²) in [7, 11) is 1.60. The van der Waals surface area contributed by atoms with Gasteiger partial charge in [-0.3, -0.25) is 9.59 Å². The Bertz CT molecular complexity index is 573. The van der Waals surface area contributed by atoms with Crippen molar-refractivity contribution in [3.05, 3.63) is 29.8 Å². The third-order valence-electron chi connectivity index (χ3n) is 5.06. The second kappa shape index (κ2) is 7.79. The van der Waals surface area contributed by atoms with Crippen molar-refractivity contribution in [1.82, 2.24) is 10.6 Å². The van der Waals surface area contributed by atoms with Gasteiger partial charge in [0, 0.05) is 36.5 Å². The fraction of sp³-hybridized carbons (Fsp3) is 0.579. The van der Waals surface area contributed by atoms with Crippen LogP contribution in [0.15, 0.2) is 24.3 Å². The highest BCUT2D eigenvalue weighted by atomic mass is 16.5. The molecule has 2 bridgehead atoms. The zero-order valence-corrected chi connectivity index (χ0v) is 14.2. The molecule has 2 saturated heterocycles. The van der Waals surface area contributed by atoms with E-state index in [1.807, 2.05) is 0 Å². The predicted molar refractivity (Wildman–Crippen MR) is 92.3 cm³/mol. The largest absolute Gasteiger partial charge is 0.497 e. The maximum Gasteiger partial charge on any atom is 0.220 e. The summed E-state index contributed by atoms with van der Waals surface area (Å²) in [5.41, 5.74) is 0.672. The maximum atomic E-state index is 12.1. The van der Waals surface area contributed by atoms with E-state index in [-0.39, 0.29) is 11.7 Å². The first-order chi connectivity index (χ1) is 11.6. The van der Waals surface area contributed by atoms with Crippen molar-refractivity contribution in [3.63, 3.8) is 0 Å². The fourth-order valence-electron chi connectivity index (χ4n) is 3.81. The Balaban J connectivity index is 1.37. The van der Waals surface area contributed by atoms with Gasteiger partial charge in [-0.1, -0.05) is 0 Å². The molecule has 3 rings (SSSR count). The zero-order valence-electron chi connectivity index (χ0n) is 14.2. The average Bonchev–Trinajstić information content (AvgIpc) is 2.93. The van der Waals surface area contributed by atoms with E-state index in [4.69, 9.17) is 4.74 Å². The molecule has 1 amide bonds. The number of benzene rings is 1. The summed E-state index contributed by atoms with van der Waals surface area (Å²) in [5.74, 6) is 0.885. The summed E-state index contributed by atoms with van der Waals surface area (Å²) < 4.78 is 5.08. The van der Waals surface area contributed by atoms with Crippen LogP contribution in [0.5, 0.6) is 5.75 Å². The van der Waals surface area contributed by atoms with Gasteiger partial charge in [0.25, 0.3) is 0 Å². The molecular formula is C19H26N2O3. The molecule has 2 fully saturated rings. The van der Waals surface area contributed by atoms with Crippen LogP contribution >= 0.6 is 0 Å². The van der Waals surface area contributed by atoms with Crippen LogP contribution in [0.2, 0.25) is 0 Å². The number of carbonyl (C=O) groups excluding carboxylic acids is 2. The fourth-order valence-corrected chi connectivity index (χ4v) is 3.81. The van der Waals surface area contributed by atoms with Gasteiger partial charge in [0.1, 0.15) is 5.75 Å². The molecule has 2 heterocycles. The van der Waals surface area contributed by atoms with Crippen molar-refractivity contribution in [2.75, 3.05) is 7.11 Å². The molecule has 24 heavy (non-hydrogen) atoms. The van der Waals surface area contributed by atoms with Gasteiger partial charge in [-0.15, -0.1) is 0 Å². The second-order valence-corrected chi connectivity index (χ2v) is 6.88. The smallest absolute Gasteiger partial charge is 0.220 e. The lowest BCUT2D eigenvalue weighted by atomic mass is 9.99. The Hall–Kier alpha value is -1.88. The highest BCUT2D eigenvalue weighted by Crippen LogP contribution is 2.26. The van der Waals surface area contributed by atoms with Crippen molar-refractivity contribution in [2.45, 2.75) is 63.1 Å². The SMILES string of the molecule is COc1ccc(C(=O)CCCC(=O)NC2CC3CCC(C2)N3)cc1. The number of Topliss-reactive ketones (excluding diaryl/α,β-unsaturated/α-hetero) is 1. The van der Waals surface area contributed by atoms with Crippen molar-refractivity contribution >= 4 is 11.7 Å². The summed E-state index contributed by atoms with van der Waals surface area (Å²) in [6, 6.07) is 8.55. The van der Waals surface area contributed by atoms with Crippen LogP contribution in [0.4, 0.5) is 0 Å². The first-order valence-electron chi connectivity index (χ1n) is 8.86. The van der Waals surface area contributed by atoms with E-state index in [0.29, 0.717) is 43.0 Å². The number of hydrogen-bond donors (Lipinski definition) is 2. The molecule has 5 heteroatoms. The van der Waals surface area contributed by atoms with Gasteiger partial charge in [-0.05, 0) is 56.4 Å². The van der Waals surface area contributed by atoms with E-state index >= 15 is 0 Å². The highest BCUT2D eigenvalue weighted by molar-refractivity contribution is 5.96. The molecule has 2 aliphatic heterocycles. The van der Waals surface area contributed by atoms with Gasteiger partial charge in [0.15, 0.2) is 5.78 Å². The third-order valence-corrected chi connectivity index (χ3v) is 5.06. The molecule has 0 saturated carbocycles. The van der Waals surface area contributed by atoms with Gasteiger partial charge in [-0.2, -0.15) is 0 Å². The Kier molecular flexibility index (Phi) is 5.51. The Morgan fingerprint density at radius 2 is 1.79 bits per heavy atom. The van der Waals surface area contributed by atoms with Gasteiger partial charge in [-0.25, -0.2) is 0 Å². The maximum absolute atomic E-state index is 12.1. The molecule has 2 N–H and O–H groups in total. The lowest BCUT2D eigenvalue weighted by molar-refractivity contribution is -0.122. The van der Waals surface area contributed by atoms with Crippen molar-refractivity contribution in [3.8, 4) is 5.75 Å². The van der Waals surface area contributed by atoms with Crippen LogP contribution < -0.4 is 15.4 Å². The molecule has 0 radical (unpaired) electrons. The molecule has 130 valence electrons. The van der Waals surface area contributed by atoms with Crippen LogP contribution in [-0.2, 0) is 4.79 Å². The number of amides is 1. The minimum Gasteiger partial charge on any atom is -0.497 e. The molecule has 2 atom stereocenters. The average molecular weight is 330 g/mol. The summed E-state index contributed by atoms with van der Waals surface area (Å²) in [5, 5.41) is 6.71. The summed E-state index contributed by atoms with van der Waals surface area (Å²) >= 11 is 0. The van der Waals surface area contributed by atoms with Crippen LogP contribution in [-0.4, -0.2) is 36.9 Å². The first-order valence-corrected chi connectivity index (χ1v) is 8.86. The monoisotopic (exact) mass is 330 g/mol. The number of ketones is 1. The van der Waals surface area contributed by atoms with Crippen LogP contribution in [0.25, 0.3) is 0 Å². The van der Waals surface area contributed by atoms with E-state index in [0.717, 1.165) is 18.6 Å². The van der Waals surface area contributed by atoms with E-state index in [2.05, 4.69) is 10.6 Å². The summed E-state index contributed by atoms with van der Waals surface area (Å²) in [4.78, 5) is 24.2. The van der Waals surface area contributed by atoms with E-state index in [1.54, 1.807) is 31.4 Å². The first kappa shape index (κ1) is 17.0. The number of methoxy groups -OCH3 is 1. The number of fused-ring (bicyclic) bond motifs is 2. The van der Waals surface area contributed by atoms with Crippen molar-refractivity contribution < 1.29 is 14.3 Å². The quantitative estimate of drug-likeness (QED) is 0.754. The zero-order chi connectivity index (χ0) is 16.9. The number of carbonyl (C=O) groups is 2. The Morgan fingerprint density at radius 3 is 2.42 bits per heavy atom. The molecule has 1 aromatic rings. The van der Waals surface area contributed by atoms with E-state index in [1.165, 1.54) is 12.8 Å². The topological polar surface area (TPSA) is 67.4 Å². The molecule has 0 spiro atoms. The van der Waals surface area contributed by atoms with Crippen LogP contribution in [0, 0.1) is 0 Å². The molecule has 1 aromatic carbocycles. The molecule has 0 aliphatic carbocycles. The minimum absolute atomic E-state index is 0.0730. The number of nitrogens with one attached hydrogen (secondary N) is 2. The summed E-state index contributed by atoms with van der Waals surface area (Å²) in [6.07, 6.45) is 5.94. The van der Waals surface area contributed by atoms with Gasteiger partial charge < -0.3 is 15.4 Å². The second-order valence-electron chi connectivity index (χ2n) is 6.88. The molecular weight excluding hydrogens is 304 g/mol. The van der Waals surface area contributed by atoms with E-state index in [9.17, 15) is 9.59 Å². The van der Waals surface area contributed by atoms with E-state index < -0.39 is 0 Å². The minimum atomic E-state index is 0.0730. The molecule has 2 unspecified atom stereocenters. The standard InChI is InChI=1S/C19H26N2O3/c1-24-17-9-5-13(6-10-17)18(22)3-2-4-19(23)21-16-11-14-7-8-15(12-16)20-14/h5-6,9-10,14-16,20H,2-4,7-8,11-12H2,1H3,(H,21,23). The summed E-state index contributed by atoms with van der Waals surface area (Å²) in [6.45, 7) is 0. The number of hydrogen-bond acceptors (Lipinski definition) is 4. The van der Waals surface area contributed by atoms with Crippen molar-refractivity contribution in [1.29, 1.82) is 0 Å².